The van der Waals surface area contributed by atoms with Crippen molar-refractivity contribution in [2.45, 2.75) is 0 Å². The van der Waals surface area contributed by atoms with Crippen molar-refractivity contribution in [3.05, 3.63) is 90.7 Å². The van der Waals surface area contributed by atoms with E-state index in [0.717, 1.165) is 5.56 Å². The van der Waals surface area contributed by atoms with Crippen LogP contribution in [0.1, 0.15) is 10.6 Å². The summed E-state index contributed by atoms with van der Waals surface area (Å²) in [5.41, 5.74) is 2.16. The highest BCUT2D eigenvalue weighted by Gasteiger charge is 2.12. The second kappa shape index (κ2) is 8.81. The van der Waals surface area contributed by atoms with E-state index in [9.17, 15) is 15.4 Å². The molecule has 1 heterocycles. The Hall–Kier alpha value is -2.98. The molecule has 3 aromatic rings. The largest absolute Gasteiger partial charge is 0.276 e. The normalized spacial score (nSPS) is 11.5. The van der Waals surface area contributed by atoms with Crippen LogP contribution in [0.3, 0.4) is 0 Å². The van der Waals surface area contributed by atoms with Crippen LogP contribution in [0.2, 0.25) is 10.0 Å². The van der Waals surface area contributed by atoms with Gasteiger partial charge in [-0.3, -0.25) is 10.1 Å². The lowest BCUT2D eigenvalue weighted by atomic mass is 10.1. The van der Waals surface area contributed by atoms with Crippen molar-refractivity contribution < 1.29 is 4.92 Å². The maximum Gasteiger partial charge on any atom is 0.276 e. The number of hydrogen-bond donors (Lipinski definition) is 0. The summed E-state index contributed by atoms with van der Waals surface area (Å²) in [4.78, 5) is 15.1. The molecule has 0 N–H and O–H groups in total. The third kappa shape index (κ3) is 4.46. The van der Waals surface area contributed by atoms with Gasteiger partial charge in [-0.25, -0.2) is 4.98 Å². The summed E-state index contributed by atoms with van der Waals surface area (Å²) in [5.74, 6) is 0. The van der Waals surface area contributed by atoms with Crippen molar-refractivity contribution in [2.24, 2.45) is 0 Å². The van der Waals surface area contributed by atoms with Gasteiger partial charge in [0.1, 0.15) is 11.1 Å². The zero-order valence-corrected chi connectivity index (χ0v) is 16.5. The Morgan fingerprint density at radius 1 is 1.25 bits per heavy atom. The summed E-state index contributed by atoms with van der Waals surface area (Å²) in [6, 6.07) is 13.6. The number of allylic oxidation sites excluding steroid dienone is 3. The lowest BCUT2D eigenvalue weighted by Crippen LogP contribution is -1.90. The summed E-state index contributed by atoms with van der Waals surface area (Å²) in [7, 11) is 0. The monoisotopic (exact) mass is 427 g/mol. The molecule has 0 saturated heterocycles. The number of nitro groups is 1. The molecule has 0 aliphatic rings. The van der Waals surface area contributed by atoms with Gasteiger partial charge in [0.15, 0.2) is 0 Å². The van der Waals surface area contributed by atoms with E-state index in [1.165, 1.54) is 17.4 Å². The number of nitrogens with zero attached hydrogens (tertiary/aromatic N) is 3. The molecule has 0 radical (unpaired) electrons. The van der Waals surface area contributed by atoms with E-state index >= 15 is 0 Å². The molecule has 0 atom stereocenters. The van der Waals surface area contributed by atoms with Gasteiger partial charge in [-0.1, -0.05) is 41.4 Å². The molecule has 5 nitrogen and oxygen atoms in total. The van der Waals surface area contributed by atoms with E-state index in [2.05, 4.69) is 11.1 Å². The number of nitro benzene ring substituents is 1. The number of benzene rings is 2. The van der Waals surface area contributed by atoms with Crippen LogP contribution in [0, 0.1) is 21.4 Å². The average Bonchev–Trinajstić information content (AvgIpc) is 3.15. The molecule has 0 spiro atoms. The molecule has 0 amide bonds. The van der Waals surface area contributed by atoms with Gasteiger partial charge >= 0.3 is 0 Å². The number of thiazole rings is 1. The van der Waals surface area contributed by atoms with Gasteiger partial charge in [0, 0.05) is 22.0 Å². The first-order chi connectivity index (χ1) is 13.5. The Balaban J connectivity index is 1.88. The maximum absolute atomic E-state index is 11.1. The molecular weight excluding hydrogens is 417 g/mol. The highest BCUT2D eigenvalue weighted by molar-refractivity contribution is 7.11. The summed E-state index contributed by atoms with van der Waals surface area (Å²) >= 11 is 13.4. The number of hydrogen-bond acceptors (Lipinski definition) is 5. The first-order valence-electron chi connectivity index (χ1n) is 7.93. The fraction of sp³-hybridized carbons (Fsp3) is 0. The topological polar surface area (TPSA) is 79.8 Å². The van der Waals surface area contributed by atoms with Crippen LogP contribution in [0.4, 0.5) is 5.69 Å². The van der Waals surface area contributed by atoms with Crippen molar-refractivity contribution in [1.82, 2.24) is 4.98 Å². The first-order valence-corrected chi connectivity index (χ1v) is 9.56. The molecule has 0 aliphatic heterocycles. The van der Waals surface area contributed by atoms with Gasteiger partial charge in [-0.15, -0.1) is 11.3 Å². The van der Waals surface area contributed by atoms with E-state index in [1.54, 1.807) is 60.0 Å². The van der Waals surface area contributed by atoms with Crippen LogP contribution in [0.5, 0.6) is 0 Å². The lowest BCUT2D eigenvalue weighted by Gasteiger charge is -2.00. The van der Waals surface area contributed by atoms with Crippen LogP contribution in [0.25, 0.3) is 22.9 Å². The van der Waals surface area contributed by atoms with Crippen LogP contribution in [-0.2, 0) is 0 Å². The predicted octanol–water partition coefficient (Wildman–Crippen LogP) is 6.65. The maximum atomic E-state index is 11.1. The standard InChI is InChI=1S/C20H11Cl2N3O2S/c21-15-8-9-16(17(22)10-15)18-12-28-20(24-18)14(11-23)6-3-5-13-4-1-2-7-19(13)25(26)27/h1-10,12H. The molecule has 0 unspecified atom stereocenters. The van der Waals surface area contributed by atoms with E-state index in [0.29, 0.717) is 31.9 Å². The quantitative estimate of drug-likeness (QED) is 0.197. The Bertz CT molecular complexity index is 1150. The minimum absolute atomic E-state index is 0.000396. The smallest absolute Gasteiger partial charge is 0.258 e. The van der Waals surface area contributed by atoms with Gasteiger partial charge in [-0.05, 0) is 36.4 Å². The SMILES string of the molecule is N#CC(=CC=Cc1ccccc1[N+](=O)[O-])c1nc(-c2ccc(Cl)cc2Cl)cs1. The van der Waals surface area contributed by atoms with Crippen molar-refractivity contribution in [3.63, 3.8) is 0 Å². The van der Waals surface area contributed by atoms with Gasteiger partial charge < -0.3 is 0 Å². The molecule has 0 aliphatic carbocycles. The van der Waals surface area contributed by atoms with E-state index in [4.69, 9.17) is 23.2 Å². The van der Waals surface area contributed by atoms with Crippen molar-refractivity contribution in [3.8, 4) is 17.3 Å². The fourth-order valence-electron chi connectivity index (χ4n) is 2.42. The van der Waals surface area contributed by atoms with Gasteiger partial charge in [0.05, 0.1) is 26.8 Å². The molecular formula is C20H11Cl2N3O2S. The van der Waals surface area contributed by atoms with Crippen LogP contribution in [-0.4, -0.2) is 9.91 Å². The molecule has 28 heavy (non-hydrogen) atoms. The molecule has 138 valence electrons. The molecule has 0 saturated carbocycles. The second-order valence-electron chi connectivity index (χ2n) is 5.53. The number of nitriles is 1. The molecule has 8 heteroatoms. The Kier molecular flexibility index (Phi) is 6.22. The fourth-order valence-corrected chi connectivity index (χ4v) is 3.72. The van der Waals surface area contributed by atoms with Crippen LogP contribution >= 0.6 is 34.5 Å². The van der Waals surface area contributed by atoms with Crippen LogP contribution < -0.4 is 0 Å². The molecule has 0 bridgehead atoms. The van der Waals surface area contributed by atoms with E-state index in [-0.39, 0.29) is 5.69 Å². The summed E-state index contributed by atoms with van der Waals surface area (Å²) in [6.45, 7) is 0. The highest BCUT2D eigenvalue weighted by atomic mass is 35.5. The average molecular weight is 428 g/mol. The zero-order chi connectivity index (χ0) is 20.1. The van der Waals surface area contributed by atoms with Gasteiger partial charge in [0.2, 0.25) is 0 Å². The third-order valence-corrected chi connectivity index (χ3v) is 5.16. The number of rotatable bonds is 5. The van der Waals surface area contributed by atoms with Crippen molar-refractivity contribution in [1.29, 1.82) is 5.26 Å². The summed E-state index contributed by atoms with van der Waals surface area (Å²) < 4.78 is 0. The summed E-state index contributed by atoms with van der Waals surface area (Å²) in [5, 5.41) is 23.8. The lowest BCUT2D eigenvalue weighted by molar-refractivity contribution is -0.385. The molecule has 2 aromatic carbocycles. The summed E-state index contributed by atoms with van der Waals surface area (Å²) in [6.07, 6.45) is 4.75. The predicted molar refractivity (Wildman–Crippen MR) is 113 cm³/mol. The number of aromatic nitrogens is 1. The Morgan fingerprint density at radius 3 is 2.75 bits per heavy atom. The molecule has 0 fully saturated rings. The van der Waals surface area contributed by atoms with E-state index in [1.807, 2.05) is 0 Å². The highest BCUT2D eigenvalue weighted by Crippen LogP contribution is 2.32. The zero-order valence-electron chi connectivity index (χ0n) is 14.2. The van der Waals surface area contributed by atoms with Crippen molar-refractivity contribution in [2.75, 3.05) is 0 Å². The van der Waals surface area contributed by atoms with Gasteiger partial charge in [0.25, 0.3) is 5.69 Å². The second-order valence-corrected chi connectivity index (χ2v) is 7.23. The minimum Gasteiger partial charge on any atom is -0.258 e. The first kappa shape index (κ1) is 19.8. The van der Waals surface area contributed by atoms with Crippen molar-refractivity contribution >= 4 is 51.9 Å². The Morgan fingerprint density at radius 2 is 2.04 bits per heavy atom. The van der Waals surface area contributed by atoms with E-state index < -0.39 is 4.92 Å². The molecule has 1 aromatic heterocycles. The van der Waals surface area contributed by atoms with Gasteiger partial charge in [-0.2, -0.15) is 5.26 Å². The molecule has 3 rings (SSSR count). The number of halogens is 2. The third-order valence-electron chi connectivity index (χ3n) is 3.73. The number of para-hydroxylation sites is 1. The Labute approximate surface area is 175 Å². The van der Waals surface area contributed by atoms with Crippen LogP contribution in [0.15, 0.2) is 60.0 Å². The minimum atomic E-state index is -0.447.